The number of halogens is 3. The standard InChI is InChI=1S/C16H11BrF2N2/c17-13-5-3-10(16-12(13)2-1-7-20-16)9-21-11-4-6-14(18)15(19)8-11/h1-8,21H,9H2. The van der Waals surface area contributed by atoms with Crippen LogP contribution in [0.3, 0.4) is 0 Å². The number of nitrogens with zero attached hydrogens (tertiary/aromatic N) is 1. The average molecular weight is 349 g/mol. The minimum atomic E-state index is -0.862. The summed E-state index contributed by atoms with van der Waals surface area (Å²) in [7, 11) is 0. The van der Waals surface area contributed by atoms with Crippen LogP contribution < -0.4 is 5.32 Å². The Morgan fingerprint density at radius 3 is 2.71 bits per heavy atom. The summed E-state index contributed by atoms with van der Waals surface area (Å²) < 4.78 is 27.0. The molecule has 0 bridgehead atoms. The molecule has 0 amide bonds. The summed E-state index contributed by atoms with van der Waals surface area (Å²) in [5.74, 6) is -1.71. The highest BCUT2D eigenvalue weighted by Crippen LogP contribution is 2.25. The third kappa shape index (κ3) is 2.88. The van der Waals surface area contributed by atoms with Crippen molar-refractivity contribution in [1.29, 1.82) is 0 Å². The van der Waals surface area contributed by atoms with Crippen LogP contribution in [0, 0.1) is 11.6 Å². The molecule has 3 aromatic rings. The fraction of sp³-hybridized carbons (Fsp3) is 0.0625. The Morgan fingerprint density at radius 2 is 1.90 bits per heavy atom. The Kier molecular flexibility index (Phi) is 3.84. The molecule has 5 heteroatoms. The van der Waals surface area contributed by atoms with Crippen LogP contribution in [0.1, 0.15) is 5.56 Å². The Bertz CT molecular complexity index is 805. The van der Waals surface area contributed by atoms with Crippen molar-refractivity contribution in [3.63, 3.8) is 0 Å². The van der Waals surface area contributed by atoms with Crippen molar-refractivity contribution < 1.29 is 8.78 Å². The number of aromatic nitrogens is 1. The third-order valence-corrected chi connectivity index (χ3v) is 3.89. The molecule has 2 nitrogen and oxygen atoms in total. The monoisotopic (exact) mass is 348 g/mol. The molecule has 0 atom stereocenters. The van der Waals surface area contributed by atoms with Gasteiger partial charge in [0.2, 0.25) is 0 Å². The van der Waals surface area contributed by atoms with Crippen LogP contribution in [0.4, 0.5) is 14.5 Å². The van der Waals surface area contributed by atoms with Crippen molar-refractivity contribution in [3.05, 3.63) is 70.3 Å². The zero-order valence-corrected chi connectivity index (χ0v) is 12.5. The van der Waals surface area contributed by atoms with Gasteiger partial charge in [-0.3, -0.25) is 4.98 Å². The first kappa shape index (κ1) is 13.9. The summed E-state index contributed by atoms with van der Waals surface area (Å²) in [5, 5.41) is 4.09. The van der Waals surface area contributed by atoms with Gasteiger partial charge < -0.3 is 5.32 Å². The number of hydrogen-bond donors (Lipinski definition) is 1. The van der Waals surface area contributed by atoms with Gasteiger partial charge in [0.1, 0.15) is 0 Å². The van der Waals surface area contributed by atoms with E-state index in [1.165, 1.54) is 6.07 Å². The Hall–Kier alpha value is -2.01. The van der Waals surface area contributed by atoms with Gasteiger partial charge in [0.05, 0.1) is 5.52 Å². The smallest absolute Gasteiger partial charge is 0.160 e. The number of rotatable bonds is 3. The number of fused-ring (bicyclic) bond motifs is 1. The molecule has 0 unspecified atom stereocenters. The number of anilines is 1. The van der Waals surface area contributed by atoms with Crippen LogP contribution in [-0.2, 0) is 6.54 Å². The molecular weight excluding hydrogens is 338 g/mol. The topological polar surface area (TPSA) is 24.9 Å². The normalized spacial score (nSPS) is 10.8. The van der Waals surface area contributed by atoms with Crippen LogP contribution in [0.15, 0.2) is 53.1 Å². The van der Waals surface area contributed by atoms with Gasteiger partial charge in [0.15, 0.2) is 11.6 Å². The summed E-state index contributed by atoms with van der Waals surface area (Å²) in [6.07, 6.45) is 1.73. The number of benzene rings is 2. The minimum Gasteiger partial charge on any atom is -0.381 e. The third-order valence-electron chi connectivity index (χ3n) is 3.20. The summed E-state index contributed by atoms with van der Waals surface area (Å²) >= 11 is 3.49. The molecule has 106 valence electrons. The Balaban J connectivity index is 1.88. The van der Waals surface area contributed by atoms with E-state index >= 15 is 0 Å². The summed E-state index contributed by atoms with van der Waals surface area (Å²) in [4.78, 5) is 4.38. The molecule has 0 saturated carbocycles. The van der Waals surface area contributed by atoms with Crippen molar-refractivity contribution in [2.75, 3.05) is 5.32 Å². The molecular formula is C16H11BrF2N2. The molecule has 0 fully saturated rings. The first-order chi connectivity index (χ1) is 10.1. The molecule has 0 aliphatic rings. The number of nitrogens with one attached hydrogen (secondary N) is 1. The molecule has 21 heavy (non-hydrogen) atoms. The second kappa shape index (κ2) is 5.77. The van der Waals surface area contributed by atoms with Gasteiger partial charge in [-0.2, -0.15) is 0 Å². The Labute approximate surface area is 129 Å². The van der Waals surface area contributed by atoms with Gasteiger partial charge in [0.25, 0.3) is 0 Å². The van der Waals surface area contributed by atoms with Crippen LogP contribution in [0.2, 0.25) is 0 Å². The SMILES string of the molecule is Fc1ccc(NCc2ccc(Br)c3cccnc23)cc1F. The predicted octanol–water partition coefficient (Wildman–Crippen LogP) is 4.89. The molecule has 1 aromatic heterocycles. The highest BCUT2D eigenvalue weighted by atomic mass is 79.9. The van der Waals surface area contributed by atoms with E-state index in [0.29, 0.717) is 12.2 Å². The fourth-order valence-electron chi connectivity index (χ4n) is 2.14. The lowest BCUT2D eigenvalue weighted by molar-refractivity contribution is 0.509. The van der Waals surface area contributed by atoms with E-state index in [1.807, 2.05) is 24.3 Å². The largest absolute Gasteiger partial charge is 0.381 e. The first-order valence-corrected chi connectivity index (χ1v) is 7.15. The molecule has 1 N–H and O–H groups in total. The van der Waals surface area contributed by atoms with Gasteiger partial charge in [-0.1, -0.05) is 28.1 Å². The van der Waals surface area contributed by atoms with Crippen LogP contribution in [0.25, 0.3) is 10.9 Å². The quantitative estimate of drug-likeness (QED) is 0.728. The second-order valence-corrected chi connectivity index (χ2v) is 5.44. The van der Waals surface area contributed by atoms with E-state index in [9.17, 15) is 8.78 Å². The van der Waals surface area contributed by atoms with Crippen molar-refractivity contribution in [2.24, 2.45) is 0 Å². The molecule has 0 saturated heterocycles. The maximum absolute atomic E-state index is 13.2. The zero-order chi connectivity index (χ0) is 14.8. The van der Waals surface area contributed by atoms with Gasteiger partial charge in [0, 0.05) is 34.4 Å². The lowest BCUT2D eigenvalue weighted by Gasteiger charge is -2.10. The van der Waals surface area contributed by atoms with Crippen LogP contribution >= 0.6 is 15.9 Å². The van der Waals surface area contributed by atoms with Crippen molar-refractivity contribution in [2.45, 2.75) is 6.54 Å². The first-order valence-electron chi connectivity index (χ1n) is 6.36. The average Bonchev–Trinajstić information content (AvgIpc) is 2.50. The van der Waals surface area contributed by atoms with E-state index in [-0.39, 0.29) is 0 Å². The van der Waals surface area contributed by atoms with E-state index in [0.717, 1.165) is 33.1 Å². The zero-order valence-electron chi connectivity index (χ0n) is 10.9. The van der Waals surface area contributed by atoms with Crippen molar-refractivity contribution in [3.8, 4) is 0 Å². The second-order valence-electron chi connectivity index (χ2n) is 4.59. The summed E-state index contributed by atoms with van der Waals surface area (Å²) in [6, 6.07) is 11.5. The van der Waals surface area contributed by atoms with Crippen molar-refractivity contribution >= 4 is 32.5 Å². The van der Waals surface area contributed by atoms with Crippen LogP contribution in [-0.4, -0.2) is 4.98 Å². The molecule has 0 spiro atoms. The van der Waals surface area contributed by atoms with E-state index in [2.05, 4.69) is 26.2 Å². The lowest BCUT2D eigenvalue weighted by Crippen LogP contribution is -2.02. The van der Waals surface area contributed by atoms with E-state index in [4.69, 9.17) is 0 Å². The minimum absolute atomic E-state index is 0.478. The summed E-state index contributed by atoms with van der Waals surface area (Å²) in [6.45, 7) is 0.478. The highest BCUT2D eigenvalue weighted by Gasteiger charge is 2.06. The van der Waals surface area contributed by atoms with E-state index in [1.54, 1.807) is 6.20 Å². The Morgan fingerprint density at radius 1 is 1.05 bits per heavy atom. The molecule has 0 aliphatic carbocycles. The van der Waals surface area contributed by atoms with Gasteiger partial charge >= 0.3 is 0 Å². The maximum Gasteiger partial charge on any atom is 0.160 e. The van der Waals surface area contributed by atoms with E-state index < -0.39 is 11.6 Å². The van der Waals surface area contributed by atoms with Gasteiger partial charge in [-0.05, 0) is 29.8 Å². The number of hydrogen-bond acceptors (Lipinski definition) is 2. The molecule has 2 aromatic carbocycles. The fourth-order valence-corrected chi connectivity index (χ4v) is 2.59. The highest BCUT2D eigenvalue weighted by molar-refractivity contribution is 9.10. The molecule has 3 rings (SSSR count). The van der Waals surface area contributed by atoms with Crippen LogP contribution in [0.5, 0.6) is 0 Å². The maximum atomic E-state index is 13.2. The molecule has 0 aliphatic heterocycles. The molecule has 0 radical (unpaired) electrons. The molecule has 1 heterocycles. The predicted molar refractivity (Wildman–Crippen MR) is 83.1 cm³/mol. The number of pyridine rings is 1. The summed E-state index contributed by atoms with van der Waals surface area (Å²) in [5.41, 5.74) is 2.39. The van der Waals surface area contributed by atoms with Gasteiger partial charge in [-0.25, -0.2) is 8.78 Å². The van der Waals surface area contributed by atoms with Crippen molar-refractivity contribution in [1.82, 2.24) is 4.98 Å². The van der Waals surface area contributed by atoms with Gasteiger partial charge in [-0.15, -0.1) is 0 Å². The lowest BCUT2D eigenvalue weighted by atomic mass is 10.1.